The highest BCUT2D eigenvalue weighted by molar-refractivity contribution is 5.87. The second kappa shape index (κ2) is 8.80. The topological polar surface area (TPSA) is 78.9 Å². The van der Waals surface area contributed by atoms with Gasteiger partial charge in [-0.3, -0.25) is 14.4 Å². The van der Waals surface area contributed by atoms with Crippen LogP contribution in [0.15, 0.2) is 0 Å². The number of ketones is 1. The van der Waals surface area contributed by atoms with E-state index in [9.17, 15) is 14.4 Å². The van der Waals surface area contributed by atoms with Crippen LogP contribution >= 0.6 is 0 Å². The second-order valence-corrected chi connectivity index (χ2v) is 16.2. The molecule has 9 saturated carbocycles. The Bertz CT molecular complexity index is 1110. The third kappa shape index (κ3) is 3.41. The quantitative estimate of drug-likeness (QED) is 0.216. The highest BCUT2D eigenvalue weighted by Gasteiger charge is 2.70. The molecular weight excluding hydrogens is 504 g/mol. The van der Waals surface area contributed by atoms with Gasteiger partial charge >= 0.3 is 11.9 Å². The summed E-state index contributed by atoms with van der Waals surface area (Å²) < 4.78 is 18.8. The zero-order valence-electron chi connectivity index (χ0n) is 24.7. The third-order valence-electron chi connectivity index (χ3n) is 14.4. The van der Waals surface area contributed by atoms with Gasteiger partial charge in [0.15, 0.2) is 6.79 Å². The lowest BCUT2D eigenvalue weighted by Gasteiger charge is -2.67. The van der Waals surface area contributed by atoms with E-state index in [1.54, 1.807) is 0 Å². The summed E-state index contributed by atoms with van der Waals surface area (Å²) in [6.45, 7) is 6.00. The summed E-state index contributed by atoms with van der Waals surface area (Å²) in [5, 5.41) is 0. The summed E-state index contributed by atoms with van der Waals surface area (Å²) >= 11 is 0. The second-order valence-electron chi connectivity index (χ2n) is 16.2. The number of esters is 2. The molecule has 6 nitrogen and oxygen atoms in total. The molecule has 40 heavy (non-hydrogen) atoms. The van der Waals surface area contributed by atoms with Gasteiger partial charge in [-0.15, -0.1) is 0 Å². The molecule has 9 aliphatic rings. The van der Waals surface area contributed by atoms with Crippen LogP contribution in [0.1, 0.15) is 104 Å². The molecule has 8 bridgehead atoms. The van der Waals surface area contributed by atoms with Crippen LogP contribution < -0.4 is 0 Å². The van der Waals surface area contributed by atoms with E-state index in [-0.39, 0.29) is 48.0 Å². The highest BCUT2D eigenvalue weighted by Crippen LogP contribution is 2.70. The van der Waals surface area contributed by atoms with E-state index >= 15 is 0 Å². The number of hydrogen-bond donors (Lipinski definition) is 0. The van der Waals surface area contributed by atoms with Crippen molar-refractivity contribution < 1.29 is 28.6 Å². The van der Waals surface area contributed by atoms with E-state index in [1.165, 1.54) is 12.8 Å². The Kier molecular flexibility index (Phi) is 5.77. The smallest absolute Gasteiger partial charge is 0.311 e. The summed E-state index contributed by atoms with van der Waals surface area (Å²) in [4.78, 5) is 39.8. The van der Waals surface area contributed by atoms with E-state index in [4.69, 9.17) is 14.2 Å². The third-order valence-corrected chi connectivity index (χ3v) is 14.4. The SMILES string of the molecule is CCC(C)(C)C(=O)OC1CC2CC1C1C3CC(CC3C(=O)OCOC34CCCCC35CC3CC(C5)C(=O)C4C3)C21. The van der Waals surface area contributed by atoms with Crippen molar-refractivity contribution in [2.45, 2.75) is 116 Å². The number of carbonyl (C=O) groups excluding carboxylic acids is 3. The molecular formula is C34H48O6. The number of hydrogen-bond acceptors (Lipinski definition) is 6. The van der Waals surface area contributed by atoms with Crippen LogP contribution in [0.25, 0.3) is 0 Å². The van der Waals surface area contributed by atoms with Crippen LogP contribution in [-0.4, -0.2) is 36.2 Å². The van der Waals surface area contributed by atoms with Gasteiger partial charge in [-0.1, -0.05) is 19.8 Å². The van der Waals surface area contributed by atoms with Crippen LogP contribution in [0.3, 0.4) is 0 Å². The van der Waals surface area contributed by atoms with Crippen molar-refractivity contribution in [3.63, 3.8) is 0 Å². The van der Waals surface area contributed by atoms with Gasteiger partial charge in [0.1, 0.15) is 11.9 Å². The highest BCUT2D eigenvalue weighted by atomic mass is 16.7. The number of ether oxygens (including phenoxy) is 3. The normalized spacial score (nSPS) is 51.2. The van der Waals surface area contributed by atoms with Crippen molar-refractivity contribution >= 4 is 17.7 Å². The van der Waals surface area contributed by atoms with Crippen molar-refractivity contribution in [3.8, 4) is 0 Å². The summed E-state index contributed by atoms with van der Waals surface area (Å²) in [6.07, 6.45) is 13.7. The maximum Gasteiger partial charge on any atom is 0.311 e. The molecule has 0 amide bonds. The van der Waals surface area contributed by atoms with Gasteiger partial charge in [0, 0.05) is 17.3 Å². The predicted octanol–water partition coefficient (Wildman–Crippen LogP) is 6.10. The Morgan fingerprint density at radius 3 is 2.52 bits per heavy atom. The van der Waals surface area contributed by atoms with Gasteiger partial charge in [0.2, 0.25) is 0 Å². The summed E-state index contributed by atoms with van der Waals surface area (Å²) in [5.41, 5.74) is -0.742. The molecule has 6 heteroatoms. The molecule has 0 aromatic carbocycles. The molecule has 0 radical (unpaired) electrons. The average molecular weight is 553 g/mol. The minimum Gasteiger partial charge on any atom is -0.462 e. The summed E-state index contributed by atoms with van der Waals surface area (Å²) in [6, 6.07) is 0. The largest absolute Gasteiger partial charge is 0.462 e. The number of rotatable bonds is 7. The summed E-state index contributed by atoms with van der Waals surface area (Å²) in [5.74, 6) is 4.33. The minimum atomic E-state index is -0.444. The fraction of sp³-hybridized carbons (Fsp3) is 0.912. The minimum absolute atomic E-state index is 0.0000699. The molecule has 13 unspecified atom stereocenters. The van der Waals surface area contributed by atoms with Gasteiger partial charge in [-0.05, 0) is 126 Å². The van der Waals surface area contributed by atoms with E-state index in [1.807, 2.05) is 20.8 Å². The van der Waals surface area contributed by atoms with E-state index < -0.39 is 11.0 Å². The lowest BCUT2D eigenvalue weighted by molar-refractivity contribution is -0.278. The van der Waals surface area contributed by atoms with Crippen molar-refractivity contribution in [1.82, 2.24) is 0 Å². The Hall–Kier alpha value is -1.43. The molecule has 0 N–H and O–H groups in total. The number of fused-ring (bicyclic) bond motifs is 9. The lowest BCUT2D eigenvalue weighted by atomic mass is 9.39. The molecule has 0 heterocycles. The van der Waals surface area contributed by atoms with Gasteiger partial charge in [-0.2, -0.15) is 0 Å². The molecule has 9 aliphatic carbocycles. The van der Waals surface area contributed by atoms with E-state index in [0.29, 0.717) is 47.2 Å². The molecule has 9 rings (SSSR count). The fourth-order valence-electron chi connectivity index (χ4n) is 12.7. The first-order chi connectivity index (χ1) is 19.2. The van der Waals surface area contributed by atoms with Crippen molar-refractivity contribution in [1.29, 1.82) is 0 Å². The summed E-state index contributed by atoms with van der Waals surface area (Å²) in [7, 11) is 0. The zero-order chi connectivity index (χ0) is 27.6. The van der Waals surface area contributed by atoms with Gasteiger partial charge in [0.25, 0.3) is 0 Å². The molecule has 220 valence electrons. The van der Waals surface area contributed by atoms with Gasteiger partial charge in [-0.25, -0.2) is 0 Å². The standard InChI is InChI=1S/C34H48O6/c1-4-32(2,3)31(37)40-26-14-20-13-24(26)28-22-11-19(27(20)28)12-23(22)30(36)38-17-39-34-8-6-5-7-33(34)15-18-9-21(16-33)29(35)25(34)10-18/h18-28H,4-17H2,1-3H3. The maximum atomic E-state index is 13.6. The van der Waals surface area contributed by atoms with Crippen molar-refractivity contribution in [2.24, 2.45) is 70.0 Å². The Morgan fingerprint density at radius 2 is 1.70 bits per heavy atom. The first kappa shape index (κ1) is 26.2. The Labute approximate surface area is 239 Å². The monoisotopic (exact) mass is 552 g/mol. The average Bonchev–Trinajstić information content (AvgIpc) is 3.71. The maximum absolute atomic E-state index is 13.6. The molecule has 0 saturated heterocycles. The van der Waals surface area contributed by atoms with E-state index in [0.717, 1.165) is 70.6 Å². The molecule has 0 aliphatic heterocycles. The van der Waals surface area contributed by atoms with E-state index in [2.05, 4.69) is 0 Å². The fourth-order valence-corrected chi connectivity index (χ4v) is 12.7. The molecule has 13 atom stereocenters. The molecule has 9 fully saturated rings. The number of Topliss-reactive ketones (excluding diaryl/α,β-unsaturated/α-hetero) is 1. The first-order valence-corrected chi connectivity index (χ1v) is 16.7. The molecule has 0 aromatic rings. The van der Waals surface area contributed by atoms with Crippen molar-refractivity contribution in [2.75, 3.05) is 6.79 Å². The van der Waals surface area contributed by atoms with Crippen LogP contribution in [0.4, 0.5) is 0 Å². The number of carbonyl (C=O) groups is 3. The zero-order valence-corrected chi connectivity index (χ0v) is 24.7. The van der Waals surface area contributed by atoms with Gasteiger partial charge < -0.3 is 14.2 Å². The predicted molar refractivity (Wildman–Crippen MR) is 146 cm³/mol. The van der Waals surface area contributed by atoms with Crippen LogP contribution in [-0.2, 0) is 28.6 Å². The Balaban J connectivity index is 0.933. The lowest BCUT2D eigenvalue weighted by Crippen LogP contribution is -2.70. The van der Waals surface area contributed by atoms with Crippen LogP contribution in [0, 0.1) is 70.0 Å². The first-order valence-electron chi connectivity index (χ1n) is 16.7. The van der Waals surface area contributed by atoms with Crippen LogP contribution in [0.2, 0.25) is 0 Å². The molecule has 1 spiro atoms. The van der Waals surface area contributed by atoms with Crippen molar-refractivity contribution in [3.05, 3.63) is 0 Å². The molecule has 0 aromatic heterocycles. The Morgan fingerprint density at radius 1 is 0.925 bits per heavy atom. The van der Waals surface area contributed by atoms with Gasteiger partial charge in [0.05, 0.1) is 16.9 Å². The van der Waals surface area contributed by atoms with Crippen LogP contribution in [0.5, 0.6) is 0 Å².